The van der Waals surface area contributed by atoms with E-state index in [1.807, 2.05) is 52.0 Å². The van der Waals surface area contributed by atoms with Gasteiger partial charge in [0.2, 0.25) is 29.5 Å². The highest BCUT2D eigenvalue weighted by Crippen LogP contribution is 2.19. The van der Waals surface area contributed by atoms with Crippen LogP contribution in [-0.4, -0.2) is 82.9 Å². The smallest absolute Gasteiger partial charge is 0.322 e. The Morgan fingerprint density at radius 3 is 1.93 bits per heavy atom. The Kier molecular flexibility index (Phi) is 13.8. The summed E-state index contributed by atoms with van der Waals surface area (Å²) in [5.41, 5.74) is 8.04. The van der Waals surface area contributed by atoms with Crippen LogP contribution in [-0.2, 0) is 35.2 Å². The molecule has 0 saturated heterocycles. The predicted octanol–water partition coefficient (Wildman–Crippen LogP) is -0.0788. The van der Waals surface area contributed by atoms with Crippen LogP contribution in [0.4, 0.5) is 0 Å². The molecular formula is C30H45N7O7. The van der Waals surface area contributed by atoms with Crippen molar-refractivity contribution < 1.29 is 33.9 Å². The van der Waals surface area contributed by atoms with E-state index in [4.69, 9.17) is 10.8 Å². The second kappa shape index (κ2) is 17.0. The molecule has 1 aromatic carbocycles. The maximum Gasteiger partial charge on any atom is 0.322 e. The topological polar surface area (TPSA) is 225 Å². The number of benzene rings is 1. The number of hydrogen-bond donors (Lipinski definition) is 8. The van der Waals surface area contributed by atoms with Crippen molar-refractivity contribution >= 4 is 46.4 Å². The Balaban J connectivity index is 2.03. The van der Waals surface area contributed by atoms with Gasteiger partial charge in [0, 0.05) is 17.1 Å². The van der Waals surface area contributed by atoms with Gasteiger partial charge in [0.05, 0.1) is 12.6 Å². The lowest BCUT2D eigenvalue weighted by Gasteiger charge is -2.26. The van der Waals surface area contributed by atoms with Gasteiger partial charge in [0.15, 0.2) is 0 Å². The summed E-state index contributed by atoms with van der Waals surface area (Å²) >= 11 is 0. The molecule has 1 aromatic heterocycles. The molecule has 2 rings (SSSR count). The highest BCUT2D eigenvalue weighted by molar-refractivity contribution is 5.95. The lowest BCUT2D eigenvalue weighted by molar-refractivity contribution is -0.138. The number of H-pyrrole nitrogens is 1. The van der Waals surface area contributed by atoms with Crippen LogP contribution in [0, 0.1) is 11.8 Å². The fourth-order valence-electron chi connectivity index (χ4n) is 4.52. The molecule has 14 heteroatoms. The number of amides is 5. The molecule has 0 saturated carbocycles. The number of carboxylic acids is 1. The summed E-state index contributed by atoms with van der Waals surface area (Å²) in [4.78, 5) is 77.5. The fraction of sp³-hybridized carbons (Fsp3) is 0.533. The lowest BCUT2D eigenvalue weighted by atomic mass is 9.99. The van der Waals surface area contributed by atoms with Gasteiger partial charge in [-0.25, -0.2) is 0 Å². The monoisotopic (exact) mass is 615 g/mol. The van der Waals surface area contributed by atoms with E-state index in [1.165, 1.54) is 6.92 Å². The van der Waals surface area contributed by atoms with Crippen molar-refractivity contribution in [3.05, 3.63) is 36.0 Å². The molecule has 5 amide bonds. The predicted molar refractivity (Wildman–Crippen MR) is 164 cm³/mol. The van der Waals surface area contributed by atoms with Gasteiger partial charge in [0.1, 0.15) is 24.7 Å². The molecule has 242 valence electrons. The summed E-state index contributed by atoms with van der Waals surface area (Å²) in [6.45, 7) is 7.89. The van der Waals surface area contributed by atoms with Gasteiger partial charge in [-0.1, -0.05) is 45.9 Å². The molecule has 14 nitrogen and oxygen atoms in total. The number of fused-ring (bicyclic) bond motifs is 1. The second-order valence-electron chi connectivity index (χ2n) is 11.7. The van der Waals surface area contributed by atoms with E-state index in [0.717, 1.165) is 16.5 Å². The molecule has 2 aromatic rings. The summed E-state index contributed by atoms with van der Waals surface area (Å²) in [5.74, 6) is -4.25. The summed E-state index contributed by atoms with van der Waals surface area (Å²) in [6, 6.07) is 3.71. The standard InChI is InChI=1S/C30H45N7O7/c1-16(2)10-23(29(43)35-18(5)27(41)34-14-25(38)33-15-26(39)40)37-30(44)24(11-17(3)4)36-28(42)21(31)12-19-13-32-22-9-7-6-8-20(19)22/h6-9,13,16-18,21,23-24,32H,10-12,14-15,31H2,1-5H3,(H,33,38)(H,34,41)(H,35,43)(H,36,42)(H,37,44)(H,39,40)/t18-,21-,23-,24-/m0/s1. The quantitative estimate of drug-likeness (QED) is 0.120. The Labute approximate surface area is 256 Å². The summed E-state index contributed by atoms with van der Waals surface area (Å²) in [5, 5.41) is 22.0. The first kappa shape index (κ1) is 35.7. The molecule has 9 N–H and O–H groups in total. The molecule has 0 fully saturated rings. The zero-order chi connectivity index (χ0) is 33.0. The minimum Gasteiger partial charge on any atom is -0.480 e. The van der Waals surface area contributed by atoms with Gasteiger partial charge in [-0.3, -0.25) is 28.8 Å². The molecule has 0 radical (unpaired) electrons. The van der Waals surface area contributed by atoms with Gasteiger partial charge in [-0.2, -0.15) is 0 Å². The first-order valence-electron chi connectivity index (χ1n) is 14.7. The van der Waals surface area contributed by atoms with Crippen molar-refractivity contribution in [2.45, 2.75) is 78.0 Å². The molecule has 44 heavy (non-hydrogen) atoms. The van der Waals surface area contributed by atoms with Crippen molar-refractivity contribution in [3.8, 4) is 0 Å². The molecule has 0 bridgehead atoms. The Bertz CT molecular complexity index is 1320. The fourth-order valence-corrected chi connectivity index (χ4v) is 4.52. The van der Waals surface area contributed by atoms with E-state index in [-0.39, 0.29) is 24.7 Å². The van der Waals surface area contributed by atoms with E-state index in [0.29, 0.717) is 6.42 Å². The van der Waals surface area contributed by atoms with Crippen LogP contribution >= 0.6 is 0 Å². The highest BCUT2D eigenvalue weighted by Gasteiger charge is 2.30. The zero-order valence-electron chi connectivity index (χ0n) is 25.9. The van der Waals surface area contributed by atoms with Crippen molar-refractivity contribution in [2.75, 3.05) is 13.1 Å². The molecule has 1 heterocycles. The number of carbonyl (C=O) groups excluding carboxylic acids is 5. The van der Waals surface area contributed by atoms with Crippen molar-refractivity contribution in [3.63, 3.8) is 0 Å². The van der Waals surface area contributed by atoms with Crippen LogP contribution in [0.25, 0.3) is 10.9 Å². The number of rotatable bonds is 17. The van der Waals surface area contributed by atoms with Crippen LogP contribution in [0.3, 0.4) is 0 Å². The summed E-state index contributed by atoms with van der Waals surface area (Å²) < 4.78 is 0. The highest BCUT2D eigenvalue weighted by atomic mass is 16.4. The zero-order valence-corrected chi connectivity index (χ0v) is 25.9. The normalized spacial score (nSPS) is 13.9. The Morgan fingerprint density at radius 1 is 0.773 bits per heavy atom. The number of nitrogens with two attached hydrogens (primary N) is 1. The maximum absolute atomic E-state index is 13.4. The Hall–Kier alpha value is -4.46. The number of carboxylic acid groups (broad SMARTS) is 1. The van der Waals surface area contributed by atoms with Crippen LogP contribution in [0.15, 0.2) is 30.5 Å². The van der Waals surface area contributed by atoms with Gasteiger partial charge in [-0.15, -0.1) is 0 Å². The molecule has 0 aliphatic rings. The van der Waals surface area contributed by atoms with E-state index >= 15 is 0 Å². The molecule has 0 aliphatic heterocycles. The van der Waals surface area contributed by atoms with E-state index < -0.39 is 72.8 Å². The third-order valence-corrected chi connectivity index (χ3v) is 6.74. The molecular weight excluding hydrogens is 570 g/mol. The average molecular weight is 616 g/mol. The number of nitrogens with one attached hydrogen (secondary N) is 6. The second-order valence-corrected chi connectivity index (χ2v) is 11.7. The number of aromatic nitrogens is 1. The third-order valence-electron chi connectivity index (χ3n) is 6.74. The molecule has 0 unspecified atom stereocenters. The number of para-hydroxylation sites is 1. The largest absolute Gasteiger partial charge is 0.480 e. The SMILES string of the molecule is CC(C)C[C@H](NC(=O)[C@H](CC(C)C)NC(=O)[C@@H](N)Cc1c[nH]c2ccccc12)C(=O)N[C@@H](C)C(=O)NCC(=O)NCC(=O)O. The number of aromatic amines is 1. The van der Waals surface area contributed by atoms with Crippen LogP contribution < -0.4 is 32.3 Å². The van der Waals surface area contributed by atoms with Gasteiger partial charge in [-0.05, 0) is 49.7 Å². The van der Waals surface area contributed by atoms with Crippen LogP contribution in [0.5, 0.6) is 0 Å². The minimum absolute atomic E-state index is 0.00384. The first-order chi connectivity index (χ1) is 20.7. The number of hydrogen-bond acceptors (Lipinski definition) is 7. The van der Waals surface area contributed by atoms with Crippen molar-refractivity contribution in [1.29, 1.82) is 0 Å². The van der Waals surface area contributed by atoms with E-state index in [1.54, 1.807) is 6.20 Å². The third kappa shape index (κ3) is 11.7. The lowest BCUT2D eigenvalue weighted by Crippen LogP contribution is -2.58. The van der Waals surface area contributed by atoms with Gasteiger partial charge < -0.3 is 42.4 Å². The molecule has 0 spiro atoms. The number of carbonyl (C=O) groups is 6. The molecule has 0 aliphatic carbocycles. The first-order valence-corrected chi connectivity index (χ1v) is 14.7. The average Bonchev–Trinajstić information content (AvgIpc) is 3.35. The maximum atomic E-state index is 13.4. The summed E-state index contributed by atoms with van der Waals surface area (Å²) in [7, 11) is 0. The van der Waals surface area contributed by atoms with Crippen LogP contribution in [0.2, 0.25) is 0 Å². The van der Waals surface area contributed by atoms with Crippen molar-refractivity contribution in [1.82, 2.24) is 31.6 Å². The van der Waals surface area contributed by atoms with E-state index in [9.17, 15) is 28.8 Å². The minimum atomic E-state index is -1.23. The van der Waals surface area contributed by atoms with Crippen LogP contribution in [0.1, 0.15) is 53.0 Å². The van der Waals surface area contributed by atoms with E-state index in [2.05, 4.69) is 31.6 Å². The van der Waals surface area contributed by atoms with Gasteiger partial charge >= 0.3 is 5.97 Å². The molecule has 4 atom stereocenters. The Morgan fingerprint density at radius 2 is 1.34 bits per heavy atom. The number of aliphatic carboxylic acids is 1. The summed E-state index contributed by atoms with van der Waals surface area (Å²) in [6.07, 6.45) is 2.62. The van der Waals surface area contributed by atoms with Crippen molar-refractivity contribution in [2.24, 2.45) is 17.6 Å². The van der Waals surface area contributed by atoms with Gasteiger partial charge in [0.25, 0.3) is 0 Å².